The zero-order chi connectivity index (χ0) is 29.6. The van der Waals surface area contributed by atoms with E-state index in [1.807, 2.05) is 37.3 Å². The van der Waals surface area contributed by atoms with Crippen molar-refractivity contribution in [3.8, 4) is 0 Å². The van der Waals surface area contributed by atoms with Crippen molar-refractivity contribution < 1.29 is 18.0 Å². The smallest absolute Gasteiger partial charge is 0.243 e. The van der Waals surface area contributed by atoms with Crippen LogP contribution in [-0.4, -0.2) is 55.1 Å². The van der Waals surface area contributed by atoms with E-state index in [9.17, 15) is 18.0 Å². The molecule has 3 aromatic carbocycles. The van der Waals surface area contributed by atoms with Crippen molar-refractivity contribution in [3.05, 3.63) is 99.5 Å². The second-order valence-electron chi connectivity index (χ2n) is 10.5. The summed E-state index contributed by atoms with van der Waals surface area (Å²) >= 11 is 13.0. The van der Waals surface area contributed by atoms with Crippen LogP contribution < -0.4 is 5.32 Å². The summed E-state index contributed by atoms with van der Waals surface area (Å²) in [6.07, 6.45) is 4.07. The molecule has 1 atom stereocenters. The lowest BCUT2D eigenvalue weighted by Gasteiger charge is -2.33. The first-order valence-electron chi connectivity index (χ1n) is 13.7. The summed E-state index contributed by atoms with van der Waals surface area (Å²) in [6.45, 7) is 1.33. The Morgan fingerprint density at radius 2 is 1.54 bits per heavy atom. The maximum Gasteiger partial charge on any atom is 0.243 e. The fourth-order valence-electron chi connectivity index (χ4n) is 5.03. The van der Waals surface area contributed by atoms with E-state index >= 15 is 0 Å². The Hall–Kier alpha value is -2.91. The average molecular weight is 617 g/mol. The van der Waals surface area contributed by atoms with Crippen LogP contribution in [0.2, 0.25) is 10.0 Å². The monoisotopic (exact) mass is 615 g/mol. The zero-order valence-corrected chi connectivity index (χ0v) is 25.6. The molecule has 10 heteroatoms. The van der Waals surface area contributed by atoms with Crippen LogP contribution in [0.15, 0.2) is 77.7 Å². The van der Waals surface area contributed by atoms with E-state index in [2.05, 4.69) is 5.32 Å². The Kier molecular flexibility index (Phi) is 10.5. The van der Waals surface area contributed by atoms with Gasteiger partial charge in [-0.25, -0.2) is 8.42 Å². The first kappa shape index (κ1) is 31.0. The summed E-state index contributed by atoms with van der Waals surface area (Å²) in [6, 6.07) is 20.0. The molecule has 218 valence electrons. The number of sulfonamides is 1. The van der Waals surface area contributed by atoms with E-state index in [0.717, 1.165) is 41.1 Å². The Morgan fingerprint density at radius 3 is 2.15 bits per heavy atom. The fourth-order valence-corrected chi connectivity index (χ4v) is 6.67. The lowest BCUT2D eigenvalue weighted by atomic mass is 10.0. The number of hydrogen-bond acceptors (Lipinski definition) is 4. The molecule has 0 saturated heterocycles. The van der Waals surface area contributed by atoms with Crippen molar-refractivity contribution in [2.24, 2.45) is 0 Å². The quantitative estimate of drug-likeness (QED) is 0.303. The molecule has 1 saturated carbocycles. The van der Waals surface area contributed by atoms with Crippen molar-refractivity contribution in [1.82, 2.24) is 14.5 Å². The van der Waals surface area contributed by atoms with Gasteiger partial charge in [0.1, 0.15) is 6.04 Å². The van der Waals surface area contributed by atoms with E-state index < -0.39 is 28.5 Å². The molecule has 0 heterocycles. The topological polar surface area (TPSA) is 86.8 Å². The number of benzene rings is 3. The molecular formula is C31H35Cl2N3O4S. The summed E-state index contributed by atoms with van der Waals surface area (Å²) in [4.78, 5) is 29.4. The van der Waals surface area contributed by atoms with Crippen LogP contribution >= 0.6 is 23.2 Å². The molecular weight excluding hydrogens is 581 g/mol. The van der Waals surface area contributed by atoms with Gasteiger partial charge in [-0.15, -0.1) is 0 Å². The van der Waals surface area contributed by atoms with Gasteiger partial charge in [-0.3, -0.25) is 9.59 Å². The first-order valence-corrected chi connectivity index (χ1v) is 15.9. The third-order valence-corrected chi connectivity index (χ3v) is 9.98. The van der Waals surface area contributed by atoms with Gasteiger partial charge in [0.2, 0.25) is 21.8 Å². The second-order valence-corrected chi connectivity index (χ2v) is 13.4. The summed E-state index contributed by atoms with van der Waals surface area (Å²) in [5.74, 6) is -0.831. The van der Waals surface area contributed by atoms with E-state index in [4.69, 9.17) is 23.2 Å². The minimum absolute atomic E-state index is 0.0335. The highest BCUT2D eigenvalue weighted by atomic mass is 35.5. The molecule has 1 aliphatic carbocycles. The maximum atomic E-state index is 14.0. The number of aryl methyl sites for hydroxylation is 1. The maximum absolute atomic E-state index is 14.0. The molecule has 0 aromatic heterocycles. The van der Waals surface area contributed by atoms with Crippen molar-refractivity contribution in [2.75, 3.05) is 13.6 Å². The molecule has 2 amide bonds. The molecule has 0 radical (unpaired) electrons. The van der Waals surface area contributed by atoms with Gasteiger partial charge < -0.3 is 10.2 Å². The molecule has 1 unspecified atom stereocenters. The molecule has 0 aliphatic heterocycles. The number of carbonyl (C=O) groups is 2. The van der Waals surface area contributed by atoms with Gasteiger partial charge in [-0.2, -0.15) is 4.31 Å². The van der Waals surface area contributed by atoms with Gasteiger partial charge in [0, 0.05) is 41.7 Å². The zero-order valence-electron chi connectivity index (χ0n) is 23.2. The number of carbonyl (C=O) groups excluding carboxylic acids is 2. The lowest BCUT2D eigenvalue weighted by Crippen LogP contribution is -2.54. The van der Waals surface area contributed by atoms with Gasteiger partial charge >= 0.3 is 0 Å². The molecule has 41 heavy (non-hydrogen) atoms. The minimum atomic E-state index is -3.96. The highest BCUT2D eigenvalue weighted by molar-refractivity contribution is 7.89. The summed E-state index contributed by atoms with van der Waals surface area (Å²) in [7, 11) is -2.60. The van der Waals surface area contributed by atoms with Gasteiger partial charge in [-0.05, 0) is 49.6 Å². The first-order chi connectivity index (χ1) is 19.6. The number of amides is 2. The van der Waals surface area contributed by atoms with Gasteiger partial charge in [-0.1, -0.05) is 90.1 Å². The van der Waals surface area contributed by atoms with Gasteiger partial charge in [0.15, 0.2) is 0 Å². The number of nitrogens with one attached hydrogen (secondary N) is 1. The summed E-state index contributed by atoms with van der Waals surface area (Å²) in [5.41, 5.74) is 2.27. The molecule has 0 bridgehead atoms. The number of rotatable bonds is 11. The molecule has 1 fully saturated rings. The summed E-state index contributed by atoms with van der Waals surface area (Å²) in [5, 5.41) is 3.84. The predicted octanol–water partition coefficient (Wildman–Crippen LogP) is 5.62. The molecule has 1 aliphatic rings. The number of halogens is 2. The fraction of sp³-hybridized carbons (Fsp3) is 0.355. The van der Waals surface area contributed by atoms with Crippen LogP contribution in [0, 0.1) is 6.92 Å². The minimum Gasteiger partial charge on any atom is -0.352 e. The van der Waals surface area contributed by atoms with Crippen LogP contribution in [0.25, 0.3) is 0 Å². The third kappa shape index (κ3) is 7.89. The van der Waals surface area contributed by atoms with Crippen LogP contribution in [0.1, 0.15) is 42.4 Å². The summed E-state index contributed by atoms with van der Waals surface area (Å²) < 4.78 is 27.7. The Bertz CT molecular complexity index is 1440. The molecule has 3 aromatic rings. The SMILES string of the molecule is Cc1ccc(S(=O)(=O)N(C)CC(=O)N(Cc2c(Cl)cccc2Cl)C(Cc2ccccc2)C(=O)NC2CCCC2)cc1. The van der Waals surface area contributed by atoms with Crippen molar-refractivity contribution >= 4 is 45.0 Å². The van der Waals surface area contributed by atoms with Crippen molar-refractivity contribution in [2.45, 2.75) is 62.6 Å². The Balaban J connectivity index is 1.69. The second kappa shape index (κ2) is 13.8. The van der Waals surface area contributed by atoms with Crippen molar-refractivity contribution in [3.63, 3.8) is 0 Å². The van der Waals surface area contributed by atoms with Crippen LogP contribution in [0.5, 0.6) is 0 Å². The van der Waals surface area contributed by atoms with Gasteiger partial charge in [0.05, 0.1) is 11.4 Å². The highest BCUT2D eigenvalue weighted by Gasteiger charge is 2.34. The third-order valence-electron chi connectivity index (χ3n) is 7.45. The number of likely N-dealkylation sites (N-methyl/N-ethyl adjacent to an activating group) is 1. The molecule has 1 N–H and O–H groups in total. The van der Waals surface area contributed by atoms with Crippen LogP contribution in [0.4, 0.5) is 0 Å². The van der Waals surface area contributed by atoms with E-state index in [0.29, 0.717) is 15.6 Å². The lowest BCUT2D eigenvalue weighted by molar-refractivity contribution is -0.141. The average Bonchev–Trinajstić information content (AvgIpc) is 3.45. The Labute approximate surface area is 252 Å². The Morgan fingerprint density at radius 1 is 0.927 bits per heavy atom. The van der Waals surface area contributed by atoms with Gasteiger partial charge in [0.25, 0.3) is 0 Å². The standard InChI is InChI=1S/C31H35Cl2N3O4S/c1-22-15-17-25(18-16-22)41(39,40)35(2)21-30(37)36(20-26-27(32)13-8-14-28(26)33)29(19-23-9-4-3-5-10-23)31(38)34-24-11-6-7-12-24/h3-5,8-10,13-18,24,29H,6-7,11-12,19-21H2,1-2H3,(H,34,38). The van der Waals surface area contributed by atoms with Crippen LogP contribution in [0.3, 0.4) is 0 Å². The largest absolute Gasteiger partial charge is 0.352 e. The van der Waals surface area contributed by atoms with E-state index in [-0.39, 0.29) is 29.8 Å². The van der Waals surface area contributed by atoms with E-state index in [1.165, 1.54) is 24.1 Å². The predicted molar refractivity (Wildman–Crippen MR) is 162 cm³/mol. The van der Waals surface area contributed by atoms with Crippen molar-refractivity contribution in [1.29, 1.82) is 0 Å². The molecule has 7 nitrogen and oxygen atoms in total. The number of nitrogens with zero attached hydrogens (tertiary/aromatic N) is 2. The van der Waals surface area contributed by atoms with Crippen LogP contribution in [-0.2, 0) is 32.6 Å². The normalized spacial score (nSPS) is 14.7. The number of hydrogen-bond donors (Lipinski definition) is 1. The molecule has 4 rings (SSSR count). The molecule has 0 spiro atoms. The highest BCUT2D eigenvalue weighted by Crippen LogP contribution is 2.28. The van der Waals surface area contributed by atoms with E-state index in [1.54, 1.807) is 30.3 Å².